The minimum Gasteiger partial charge on any atom is -0.345 e. The Morgan fingerprint density at radius 2 is 2.17 bits per heavy atom. The van der Waals surface area contributed by atoms with Crippen molar-refractivity contribution in [2.45, 2.75) is 43.9 Å². The third-order valence-corrected chi connectivity index (χ3v) is 5.40. The molecule has 1 aromatic heterocycles. The van der Waals surface area contributed by atoms with Crippen molar-refractivity contribution in [3.63, 3.8) is 0 Å². The van der Waals surface area contributed by atoms with Gasteiger partial charge in [-0.05, 0) is 19.1 Å². The van der Waals surface area contributed by atoms with Crippen molar-refractivity contribution in [1.29, 1.82) is 5.26 Å². The lowest BCUT2D eigenvalue weighted by Gasteiger charge is -2.65. The van der Waals surface area contributed by atoms with Gasteiger partial charge in [-0.2, -0.15) is 5.26 Å². The Bertz CT molecular complexity index is 876. The van der Waals surface area contributed by atoms with Gasteiger partial charge < -0.3 is 9.88 Å². The molecule has 0 saturated heterocycles. The minimum absolute atomic E-state index is 0.209. The third-order valence-electron chi connectivity index (χ3n) is 5.01. The van der Waals surface area contributed by atoms with Crippen LogP contribution in [0, 0.1) is 11.3 Å². The fourth-order valence-corrected chi connectivity index (χ4v) is 4.34. The molecule has 3 saturated carbocycles. The van der Waals surface area contributed by atoms with Gasteiger partial charge >= 0.3 is 0 Å². The van der Waals surface area contributed by atoms with E-state index < -0.39 is 5.67 Å². The number of benzene rings is 1. The fraction of sp³-hybridized carbons (Fsp3) is 0.412. The Kier molecular flexibility index (Phi) is 2.83. The largest absolute Gasteiger partial charge is 0.345 e. The van der Waals surface area contributed by atoms with Crippen LogP contribution in [-0.2, 0) is 6.54 Å². The summed E-state index contributed by atoms with van der Waals surface area (Å²) in [4.78, 5) is 12.6. The summed E-state index contributed by atoms with van der Waals surface area (Å²) in [6.07, 6.45) is 1.24. The lowest BCUT2D eigenvalue weighted by Crippen LogP contribution is -2.76. The maximum atomic E-state index is 13.6. The van der Waals surface area contributed by atoms with Crippen LogP contribution in [0.1, 0.15) is 42.2 Å². The summed E-state index contributed by atoms with van der Waals surface area (Å²) >= 11 is 6.32. The van der Waals surface area contributed by atoms with Crippen LogP contribution in [0.2, 0.25) is 5.02 Å². The molecular weight excluding hydrogens is 317 g/mol. The number of alkyl halides is 1. The van der Waals surface area contributed by atoms with Gasteiger partial charge in [-0.1, -0.05) is 17.7 Å². The van der Waals surface area contributed by atoms with Crippen molar-refractivity contribution in [1.82, 2.24) is 9.88 Å². The second kappa shape index (κ2) is 4.48. The number of halogens is 2. The van der Waals surface area contributed by atoms with E-state index in [0.717, 1.165) is 5.39 Å². The van der Waals surface area contributed by atoms with E-state index >= 15 is 0 Å². The molecule has 3 aliphatic carbocycles. The van der Waals surface area contributed by atoms with Crippen LogP contribution in [0.15, 0.2) is 18.2 Å². The number of nitrogens with zero attached hydrogens (tertiary/aromatic N) is 2. The molecule has 3 fully saturated rings. The van der Waals surface area contributed by atoms with E-state index in [0.29, 0.717) is 47.6 Å². The van der Waals surface area contributed by atoms with Crippen molar-refractivity contribution >= 4 is 28.4 Å². The quantitative estimate of drug-likeness (QED) is 0.934. The second-order valence-corrected chi connectivity index (χ2v) is 7.04. The Balaban J connectivity index is 1.74. The number of nitrogens with one attached hydrogen (secondary N) is 1. The summed E-state index contributed by atoms with van der Waals surface area (Å²) in [6, 6.07) is 7.28. The topological polar surface area (TPSA) is 57.8 Å². The van der Waals surface area contributed by atoms with Gasteiger partial charge in [-0.3, -0.25) is 4.79 Å². The molecule has 0 radical (unpaired) electrons. The molecule has 2 aromatic rings. The number of nitriles is 1. The van der Waals surface area contributed by atoms with Crippen LogP contribution >= 0.6 is 11.6 Å². The Morgan fingerprint density at radius 1 is 1.48 bits per heavy atom. The van der Waals surface area contributed by atoms with Gasteiger partial charge in [0.1, 0.15) is 17.4 Å². The molecule has 0 unspecified atom stereocenters. The van der Waals surface area contributed by atoms with Crippen LogP contribution in [0.5, 0.6) is 0 Å². The highest BCUT2D eigenvalue weighted by atomic mass is 35.5. The van der Waals surface area contributed by atoms with Gasteiger partial charge in [0.15, 0.2) is 0 Å². The van der Waals surface area contributed by atoms with Crippen molar-refractivity contribution < 1.29 is 9.18 Å². The van der Waals surface area contributed by atoms with E-state index in [2.05, 4.69) is 11.4 Å². The third kappa shape index (κ3) is 1.91. The Labute approximate surface area is 137 Å². The Morgan fingerprint density at radius 3 is 2.74 bits per heavy atom. The molecule has 1 heterocycles. The number of rotatable bonds is 3. The maximum absolute atomic E-state index is 13.6. The number of aromatic nitrogens is 1. The van der Waals surface area contributed by atoms with Gasteiger partial charge in [0.05, 0.1) is 16.1 Å². The molecule has 0 spiro atoms. The molecule has 5 rings (SSSR count). The molecule has 0 atom stereocenters. The summed E-state index contributed by atoms with van der Waals surface area (Å²) in [5, 5.41) is 13.3. The average molecular weight is 332 g/mol. The van der Waals surface area contributed by atoms with Gasteiger partial charge in [0, 0.05) is 36.7 Å². The normalized spacial score (nSPS) is 27.9. The molecule has 0 aliphatic heterocycles. The van der Waals surface area contributed by atoms with Crippen LogP contribution < -0.4 is 5.32 Å². The molecule has 23 heavy (non-hydrogen) atoms. The van der Waals surface area contributed by atoms with Crippen molar-refractivity contribution in [3.05, 3.63) is 34.5 Å². The Hall–Kier alpha value is -2.06. The van der Waals surface area contributed by atoms with E-state index in [1.54, 1.807) is 18.2 Å². The molecule has 1 aromatic carbocycles. The van der Waals surface area contributed by atoms with Crippen LogP contribution in [0.3, 0.4) is 0 Å². The molecule has 2 bridgehead atoms. The first kappa shape index (κ1) is 14.5. The number of aryl methyl sites for hydroxylation is 1. The summed E-state index contributed by atoms with van der Waals surface area (Å²) < 4.78 is 15.4. The molecular formula is C17H15ClFN3O. The lowest BCUT2D eigenvalue weighted by atomic mass is 9.47. The fourth-order valence-electron chi connectivity index (χ4n) is 4.02. The number of amides is 1. The van der Waals surface area contributed by atoms with E-state index in [1.807, 2.05) is 11.5 Å². The summed E-state index contributed by atoms with van der Waals surface area (Å²) in [6.45, 7) is 2.48. The maximum Gasteiger partial charge on any atom is 0.268 e. The first-order chi connectivity index (χ1) is 10.9. The smallest absolute Gasteiger partial charge is 0.268 e. The average Bonchev–Trinajstić information content (AvgIpc) is 2.84. The van der Waals surface area contributed by atoms with E-state index in [9.17, 15) is 9.18 Å². The number of hydrogen-bond donors (Lipinski definition) is 1. The zero-order valence-electron chi connectivity index (χ0n) is 12.6. The molecule has 1 amide bonds. The summed E-state index contributed by atoms with van der Waals surface area (Å²) in [7, 11) is 0. The van der Waals surface area contributed by atoms with Gasteiger partial charge in [0.25, 0.3) is 5.91 Å². The zero-order chi connectivity index (χ0) is 16.4. The second-order valence-electron chi connectivity index (χ2n) is 6.67. The number of carbonyl (C=O) groups is 1. The highest BCUT2D eigenvalue weighted by Gasteiger charge is 2.69. The van der Waals surface area contributed by atoms with E-state index in [-0.39, 0.29) is 11.4 Å². The summed E-state index contributed by atoms with van der Waals surface area (Å²) in [5.41, 5.74) is 0.172. The number of hydrogen-bond acceptors (Lipinski definition) is 2. The van der Waals surface area contributed by atoms with Crippen molar-refractivity contribution in [2.75, 3.05) is 0 Å². The minimum atomic E-state index is -1.05. The molecule has 6 heteroatoms. The monoisotopic (exact) mass is 331 g/mol. The predicted octanol–water partition coefficient (Wildman–Crippen LogP) is 3.56. The molecule has 3 aliphatic rings. The predicted molar refractivity (Wildman–Crippen MR) is 85.2 cm³/mol. The van der Waals surface area contributed by atoms with E-state index in [4.69, 9.17) is 16.9 Å². The SMILES string of the molecule is CCn1c(C(=O)NC23CC(F)(C2)C3)cc2ccc(C#N)c(Cl)c21. The van der Waals surface area contributed by atoms with Crippen LogP contribution in [0.25, 0.3) is 10.9 Å². The van der Waals surface area contributed by atoms with Crippen LogP contribution in [0.4, 0.5) is 4.39 Å². The molecule has 1 N–H and O–H groups in total. The number of fused-ring (bicyclic) bond motifs is 1. The van der Waals surface area contributed by atoms with Gasteiger partial charge in [-0.25, -0.2) is 4.39 Å². The van der Waals surface area contributed by atoms with Gasteiger partial charge in [0.2, 0.25) is 0 Å². The van der Waals surface area contributed by atoms with Gasteiger partial charge in [-0.15, -0.1) is 0 Å². The van der Waals surface area contributed by atoms with Crippen molar-refractivity contribution in [3.8, 4) is 6.07 Å². The highest BCUT2D eigenvalue weighted by Crippen LogP contribution is 2.62. The first-order valence-electron chi connectivity index (χ1n) is 7.64. The summed E-state index contributed by atoms with van der Waals surface area (Å²) in [5.74, 6) is -0.209. The van der Waals surface area contributed by atoms with Crippen molar-refractivity contribution in [2.24, 2.45) is 0 Å². The zero-order valence-corrected chi connectivity index (χ0v) is 13.4. The molecule has 4 nitrogen and oxygen atoms in total. The molecule has 118 valence electrons. The number of carbonyl (C=O) groups excluding carboxylic acids is 1. The standard InChI is InChI=1S/C17H15ClFN3O/c1-2-22-12(15(23)21-17-7-16(19,8-17)9-17)5-10-3-4-11(6-20)13(18)14(10)22/h3-5H,2,7-9H2,1H3,(H,21,23). The van der Waals surface area contributed by atoms with E-state index in [1.165, 1.54) is 0 Å². The van der Waals surface area contributed by atoms with Crippen LogP contribution in [-0.4, -0.2) is 21.7 Å². The highest BCUT2D eigenvalue weighted by molar-refractivity contribution is 6.36. The lowest BCUT2D eigenvalue weighted by molar-refractivity contribution is -0.162. The first-order valence-corrected chi connectivity index (χ1v) is 8.01.